The van der Waals surface area contributed by atoms with Crippen LogP contribution in [0.25, 0.3) is 0 Å². The van der Waals surface area contributed by atoms with Crippen LogP contribution in [0.15, 0.2) is 35.5 Å². The Balaban J connectivity index is 2.04. The first-order chi connectivity index (χ1) is 9.92. The van der Waals surface area contributed by atoms with Crippen LogP contribution in [-0.2, 0) is 30.0 Å². The van der Waals surface area contributed by atoms with Crippen molar-refractivity contribution in [2.45, 2.75) is 24.9 Å². The third-order valence-electron chi connectivity index (χ3n) is 3.28. The van der Waals surface area contributed by atoms with E-state index in [1.165, 1.54) is 6.20 Å². The standard InChI is InChI=1S/C14H20N4O2S/c1-11-17-14(10-18(11)2)21(19,20)16-9-13-5-3-12(4-6-13)7-8-15/h3-6,10,16H,7-9,15H2,1-2H3. The molecule has 0 fully saturated rings. The molecule has 0 bridgehead atoms. The quantitative estimate of drug-likeness (QED) is 0.822. The highest BCUT2D eigenvalue weighted by atomic mass is 32.2. The first-order valence-corrected chi connectivity index (χ1v) is 8.18. The van der Waals surface area contributed by atoms with Gasteiger partial charge in [0.25, 0.3) is 10.0 Å². The average molecular weight is 308 g/mol. The van der Waals surface area contributed by atoms with Crippen molar-refractivity contribution in [3.63, 3.8) is 0 Å². The molecule has 0 amide bonds. The minimum atomic E-state index is -3.58. The Kier molecular flexibility index (Phi) is 4.76. The van der Waals surface area contributed by atoms with Gasteiger partial charge in [-0.25, -0.2) is 18.1 Å². The molecule has 1 heterocycles. The highest BCUT2D eigenvalue weighted by molar-refractivity contribution is 7.89. The number of nitrogens with zero attached hydrogens (tertiary/aromatic N) is 2. The van der Waals surface area contributed by atoms with Gasteiger partial charge >= 0.3 is 0 Å². The maximum Gasteiger partial charge on any atom is 0.259 e. The minimum absolute atomic E-state index is 0.0438. The lowest BCUT2D eigenvalue weighted by Crippen LogP contribution is -2.23. The van der Waals surface area contributed by atoms with Gasteiger partial charge in [0.15, 0.2) is 5.03 Å². The molecule has 0 spiro atoms. The van der Waals surface area contributed by atoms with E-state index >= 15 is 0 Å². The zero-order valence-corrected chi connectivity index (χ0v) is 13.0. The van der Waals surface area contributed by atoms with Crippen molar-refractivity contribution in [3.05, 3.63) is 47.4 Å². The van der Waals surface area contributed by atoms with Gasteiger partial charge in [0.05, 0.1) is 0 Å². The minimum Gasteiger partial charge on any atom is -0.337 e. The van der Waals surface area contributed by atoms with Gasteiger partial charge < -0.3 is 10.3 Å². The predicted octanol–water partition coefficient (Wildman–Crippen LogP) is 0.708. The lowest BCUT2D eigenvalue weighted by Gasteiger charge is -2.05. The molecule has 2 rings (SSSR count). The molecule has 21 heavy (non-hydrogen) atoms. The van der Waals surface area contributed by atoms with Crippen molar-refractivity contribution in [1.29, 1.82) is 0 Å². The van der Waals surface area contributed by atoms with E-state index < -0.39 is 10.0 Å². The fourth-order valence-electron chi connectivity index (χ4n) is 1.90. The van der Waals surface area contributed by atoms with Crippen LogP contribution in [-0.4, -0.2) is 24.5 Å². The Bertz CT molecular complexity index is 686. The van der Waals surface area contributed by atoms with Gasteiger partial charge in [-0.05, 0) is 31.0 Å². The first-order valence-electron chi connectivity index (χ1n) is 6.70. The van der Waals surface area contributed by atoms with Crippen molar-refractivity contribution in [2.75, 3.05) is 6.54 Å². The van der Waals surface area contributed by atoms with Crippen LogP contribution in [0.2, 0.25) is 0 Å². The summed E-state index contributed by atoms with van der Waals surface area (Å²) in [5.74, 6) is 0.654. The number of sulfonamides is 1. The second kappa shape index (κ2) is 6.38. The second-order valence-electron chi connectivity index (χ2n) is 4.92. The van der Waals surface area contributed by atoms with Crippen LogP contribution >= 0.6 is 0 Å². The van der Waals surface area contributed by atoms with E-state index in [4.69, 9.17) is 5.73 Å². The molecule has 1 aromatic carbocycles. The van der Waals surface area contributed by atoms with Gasteiger partial charge in [0.1, 0.15) is 5.82 Å². The number of hydrogen-bond donors (Lipinski definition) is 2. The Morgan fingerprint density at radius 2 is 1.86 bits per heavy atom. The first kappa shape index (κ1) is 15.7. The van der Waals surface area contributed by atoms with Crippen LogP contribution in [0.5, 0.6) is 0 Å². The van der Waals surface area contributed by atoms with Crippen molar-refractivity contribution in [3.8, 4) is 0 Å². The van der Waals surface area contributed by atoms with E-state index in [0.717, 1.165) is 17.5 Å². The van der Waals surface area contributed by atoms with Gasteiger partial charge in [-0.3, -0.25) is 0 Å². The summed E-state index contributed by atoms with van der Waals surface area (Å²) in [6.07, 6.45) is 2.32. The predicted molar refractivity (Wildman–Crippen MR) is 81.2 cm³/mol. The van der Waals surface area contributed by atoms with Crippen molar-refractivity contribution in [1.82, 2.24) is 14.3 Å². The van der Waals surface area contributed by atoms with E-state index in [9.17, 15) is 8.42 Å². The molecule has 0 saturated carbocycles. The van der Waals surface area contributed by atoms with Gasteiger partial charge in [0, 0.05) is 19.8 Å². The summed E-state index contributed by atoms with van der Waals surface area (Å²) in [6, 6.07) is 7.72. The fourth-order valence-corrected chi connectivity index (χ4v) is 2.95. The summed E-state index contributed by atoms with van der Waals surface area (Å²) >= 11 is 0. The van der Waals surface area contributed by atoms with Crippen molar-refractivity contribution >= 4 is 10.0 Å². The van der Waals surface area contributed by atoms with Crippen LogP contribution in [0.4, 0.5) is 0 Å². The molecule has 0 saturated heterocycles. The summed E-state index contributed by atoms with van der Waals surface area (Å²) in [5, 5.41) is 0.0438. The van der Waals surface area contributed by atoms with Crippen molar-refractivity contribution < 1.29 is 8.42 Å². The summed E-state index contributed by atoms with van der Waals surface area (Å²) in [6.45, 7) is 2.60. The van der Waals surface area contributed by atoms with E-state index in [-0.39, 0.29) is 11.6 Å². The molecule has 2 aromatic rings. The molecule has 0 aliphatic heterocycles. The maximum absolute atomic E-state index is 12.1. The van der Waals surface area contributed by atoms with E-state index in [2.05, 4.69) is 9.71 Å². The smallest absolute Gasteiger partial charge is 0.259 e. The molecule has 114 valence electrons. The summed E-state index contributed by atoms with van der Waals surface area (Å²) < 4.78 is 28.5. The molecular formula is C14H20N4O2S. The van der Waals surface area contributed by atoms with Crippen LogP contribution in [0, 0.1) is 6.92 Å². The lowest BCUT2D eigenvalue weighted by molar-refractivity contribution is 0.578. The molecule has 1 aromatic heterocycles. The lowest BCUT2D eigenvalue weighted by atomic mass is 10.1. The zero-order valence-electron chi connectivity index (χ0n) is 12.2. The summed E-state index contributed by atoms with van der Waals surface area (Å²) in [5.41, 5.74) is 7.53. The van der Waals surface area contributed by atoms with Crippen LogP contribution in [0.3, 0.4) is 0 Å². The number of rotatable bonds is 6. The number of nitrogens with one attached hydrogen (secondary N) is 1. The van der Waals surface area contributed by atoms with Crippen molar-refractivity contribution in [2.24, 2.45) is 12.8 Å². The third kappa shape index (κ3) is 3.90. The Hall–Kier alpha value is -1.70. The summed E-state index contributed by atoms with van der Waals surface area (Å²) in [4.78, 5) is 4.03. The van der Waals surface area contributed by atoms with Crippen LogP contribution < -0.4 is 10.5 Å². The molecule has 6 nitrogen and oxygen atoms in total. The number of imidazole rings is 1. The number of aromatic nitrogens is 2. The molecule has 0 aliphatic carbocycles. The zero-order chi connectivity index (χ0) is 15.5. The molecule has 0 atom stereocenters. The third-order valence-corrected chi connectivity index (χ3v) is 4.56. The van der Waals surface area contributed by atoms with Crippen LogP contribution in [0.1, 0.15) is 17.0 Å². The average Bonchev–Trinajstić information content (AvgIpc) is 2.79. The van der Waals surface area contributed by atoms with E-state index in [0.29, 0.717) is 12.4 Å². The Labute approximate surface area is 125 Å². The van der Waals surface area contributed by atoms with Gasteiger partial charge in [-0.1, -0.05) is 24.3 Å². The number of aryl methyl sites for hydroxylation is 2. The Morgan fingerprint density at radius 1 is 1.24 bits per heavy atom. The monoisotopic (exact) mass is 308 g/mol. The topological polar surface area (TPSA) is 90.0 Å². The number of hydrogen-bond acceptors (Lipinski definition) is 4. The second-order valence-corrected chi connectivity index (χ2v) is 6.63. The Morgan fingerprint density at radius 3 is 2.38 bits per heavy atom. The number of benzene rings is 1. The fraction of sp³-hybridized carbons (Fsp3) is 0.357. The normalized spacial score (nSPS) is 11.8. The van der Waals surface area contributed by atoms with Gasteiger partial charge in [-0.15, -0.1) is 0 Å². The highest BCUT2D eigenvalue weighted by Crippen LogP contribution is 2.09. The highest BCUT2D eigenvalue weighted by Gasteiger charge is 2.17. The summed E-state index contributed by atoms with van der Waals surface area (Å²) in [7, 11) is -1.82. The molecule has 0 unspecified atom stereocenters. The van der Waals surface area contributed by atoms with E-state index in [1.54, 1.807) is 18.5 Å². The molecule has 0 aliphatic rings. The molecule has 7 heteroatoms. The van der Waals surface area contributed by atoms with E-state index in [1.807, 2.05) is 24.3 Å². The van der Waals surface area contributed by atoms with Gasteiger partial charge in [-0.2, -0.15) is 0 Å². The molecule has 0 radical (unpaired) electrons. The maximum atomic E-state index is 12.1. The molecule has 3 N–H and O–H groups in total. The molecular weight excluding hydrogens is 288 g/mol. The van der Waals surface area contributed by atoms with Gasteiger partial charge in [0.2, 0.25) is 0 Å². The largest absolute Gasteiger partial charge is 0.337 e. The SMILES string of the molecule is Cc1nc(S(=O)(=O)NCc2ccc(CCN)cc2)cn1C. The number of nitrogens with two attached hydrogens (primary N) is 1.